The van der Waals surface area contributed by atoms with Crippen LogP contribution in [0.5, 0.6) is 0 Å². The van der Waals surface area contributed by atoms with Crippen LogP contribution in [0, 0.1) is 0 Å². The fraction of sp³-hybridized carbons (Fsp3) is 1.00. The van der Waals surface area contributed by atoms with Crippen molar-refractivity contribution in [3.05, 3.63) is 0 Å². The van der Waals surface area contributed by atoms with Gasteiger partial charge in [-0.1, -0.05) is 0 Å². The molecule has 1 atom stereocenters. The van der Waals surface area contributed by atoms with Gasteiger partial charge in [-0.25, -0.2) is 4.84 Å². The first-order chi connectivity index (χ1) is 3.43. The third kappa shape index (κ3) is 1.97. The Bertz CT molecular complexity index is 73.3. The smallest absolute Gasteiger partial charge is 0.107 e. The lowest BCUT2D eigenvalue weighted by Gasteiger charge is -1.84. The van der Waals surface area contributed by atoms with Crippen molar-refractivity contribution < 1.29 is 9.57 Å². The summed E-state index contributed by atoms with van der Waals surface area (Å²) < 4.78 is 4.80. The summed E-state index contributed by atoms with van der Waals surface area (Å²) in [5.41, 5.74) is 0. The van der Waals surface area contributed by atoms with Crippen molar-refractivity contribution in [1.29, 1.82) is 0 Å². The van der Waals surface area contributed by atoms with Crippen molar-refractivity contribution in [3.63, 3.8) is 0 Å². The van der Waals surface area contributed by atoms with Crippen LogP contribution < -0.4 is 0 Å². The molecule has 1 rings (SSSR count). The molecule has 1 unspecified atom stereocenters. The van der Waals surface area contributed by atoms with Gasteiger partial charge in [0.2, 0.25) is 0 Å². The van der Waals surface area contributed by atoms with Crippen LogP contribution in [0.2, 0.25) is 0 Å². The minimum atomic E-state index is 0.306. The van der Waals surface area contributed by atoms with Crippen LogP contribution in [0.4, 0.5) is 0 Å². The number of nitrogens with zero attached hydrogens (tertiary/aromatic N) is 1. The maximum Gasteiger partial charge on any atom is 0.107 e. The molecule has 1 heterocycles. The van der Waals surface area contributed by atoms with Crippen LogP contribution in [-0.2, 0) is 9.57 Å². The molecule has 0 spiro atoms. The largest absolute Gasteiger partial charge is 0.371 e. The van der Waals surface area contributed by atoms with Crippen LogP contribution in [0.25, 0.3) is 0 Å². The normalized spacial score (nSPS) is 27.1. The molecule has 4 heteroatoms. The van der Waals surface area contributed by atoms with E-state index >= 15 is 0 Å². The van der Waals surface area contributed by atoms with Gasteiger partial charge in [0.1, 0.15) is 12.7 Å². The first-order valence-electron chi connectivity index (χ1n) is 2.04. The highest BCUT2D eigenvalue weighted by molar-refractivity contribution is 7.03. The molecule has 3 nitrogen and oxygen atoms in total. The minimum Gasteiger partial charge on any atom is -0.371 e. The van der Waals surface area contributed by atoms with Crippen LogP contribution in [0.3, 0.4) is 0 Å². The Kier molecular flexibility index (Phi) is 1.74. The second-order valence-electron chi connectivity index (χ2n) is 1.34. The van der Waals surface area contributed by atoms with Gasteiger partial charge in [0.25, 0.3) is 0 Å². The lowest BCUT2D eigenvalue weighted by atomic mass is 10.5. The Morgan fingerprint density at radius 2 is 2.71 bits per heavy atom. The summed E-state index contributed by atoms with van der Waals surface area (Å²) in [6.07, 6.45) is 0.306. The van der Waals surface area contributed by atoms with Gasteiger partial charge in [0.05, 0.1) is 6.61 Å². The number of hydrogen-bond donors (Lipinski definition) is 0. The zero-order valence-electron chi connectivity index (χ0n) is 3.76. The van der Waals surface area contributed by atoms with Crippen molar-refractivity contribution in [2.24, 2.45) is 4.91 Å². The van der Waals surface area contributed by atoms with Gasteiger partial charge in [-0.3, -0.25) is 0 Å². The maximum absolute atomic E-state index is 4.80. The van der Waals surface area contributed by atoms with Crippen LogP contribution in [-0.4, -0.2) is 19.3 Å². The predicted octanol–water partition coefficient (Wildman–Crippen LogP) is 0.643. The topological polar surface area (TPSA) is 34.1 Å². The van der Waals surface area contributed by atoms with Crippen LogP contribution in [0.1, 0.15) is 0 Å². The van der Waals surface area contributed by atoms with Gasteiger partial charge < -0.3 is 4.74 Å². The Morgan fingerprint density at radius 1 is 2.00 bits per heavy atom. The van der Waals surface area contributed by atoms with E-state index in [9.17, 15) is 0 Å². The van der Waals surface area contributed by atoms with E-state index in [0.717, 1.165) is 6.61 Å². The van der Waals surface area contributed by atoms with Gasteiger partial charge in [0, 0.05) is 9.03 Å². The molecule has 1 aliphatic heterocycles. The molecule has 1 saturated heterocycles. The Balaban J connectivity index is 1.88. The highest BCUT2D eigenvalue weighted by atomic mass is 31.0. The zero-order chi connectivity index (χ0) is 5.11. The molecule has 7 heavy (non-hydrogen) atoms. The van der Waals surface area contributed by atoms with Crippen molar-refractivity contribution in [2.45, 2.75) is 6.10 Å². The molecule has 0 aromatic rings. The average molecular weight is 119 g/mol. The van der Waals surface area contributed by atoms with E-state index in [1.807, 2.05) is 0 Å². The van der Waals surface area contributed by atoms with Crippen molar-refractivity contribution >= 4 is 9.03 Å². The van der Waals surface area contributed by atoms with Crippen LogP contribution in [0.15, 0.2) is 4.91 Å². The van der Waals surface area contributed by atoms with Gasteiger partial charge in [-0.05, 0) is 0 Å². The van der Waals surface area contributed by atoms with Crippen LogP contribution >= 0.6 is 9.03 Å². The quantitative estimate of drug-likeness (QED) is 0.310. The van der Waals surface area contributed by atoms with E-state index in [2.05, 4.69) is 18.8 Å². The third-order valence-electron chi connectivity index (χ3n) is 0.727. The summed E-state index contributed by atoms with van der Waals surface area (Å²) in [6, 6.07) is 0. The molecule has 0 aromatic heterocycles. The standard InChI is InChI=1S/C3H6NO2P/c7-4-6-2-3-1-5-3/h3,7H,1-2H2. The van der Waals surface area contributed by atoms with E-state index in [0.29, 0.717) is 12.7 Å². The molecule has 0 saturated carbocycles. The summed E-state index contributed by atoms with van der Waals surface area (Å²) in [5, 5.41) is 0. The summed E-state index contributed by atoms with van der Waals surface area (Å²) >= 11 is 0. The Morgan fingerprint density at radius 3 is 3.14 bits per heavy atom. The first-order valence-corrected chi connectivity index (χ1v) is 2.48. The number of epoxide rings is 1. The summed E-state index contributed by atoms with van der Waals surface area (Å²) in [6.45, 7) is 1.39. The molecule has 1 fully saturated rings. The van der Waals surface area contributed by atoms with Gasteiger partial charge in [0.15, 0.2) is 0 Å². The second kappa shape index (κ2) is 2.36. The average Bonchev–Trinajstić information content (AvgIpc) is 2.42. The van der Waals surface area contributed by atoms with E-state index in [1.54, 1.807) is 0 Å². The fourth-order valence-corrected chi connectivity index (χ4v) is 0.359. The number of hydrogen-bond acceptors (Lipinski definition) is 3. The molecular formula is C3H6NO2P. The zero-order valence-corrected chi connectivity index (χ0v) is 4.76. The lowest BCUT2D eigenvalue weighted by molar-refractivity contribution is 0.131. The van der Waals surface area contributed by atoms with Crippen molar-refractivity contribution in [1.82, 2.24) is 0 Å². The summed E-state index contributed by atoms with van der Waals surface area (Å²) in [5.74, 6) is 0. The molecule has 0 aliphatic carbocycles. The molecule has 0 N–H and O–H groups in total. The van der Waals surface area contributed by atoms with Gasteiger partial charge >= 0.3 is 0 Å². The third-order valence-corrected chi connectivity index (χ3v) is 0.856. The molecule has 0 aromatic carbocycles. The number of rotatable bonds is 3. The van der Waals surface area contributed by atoms with Crippen molar-refractivity contribution in [3.8, 4) is 0 Å². The van der Waals surface area contributed by atoms with E-state index in [-0.39, 0.29) is 0 Å². The molecular weight excluding hydrogens is 113 g/mol. The summed E-state index contributed by atoms with van der Waals surface area (Å²) in [4.78, 5) is 7.81. The molecule has 0 radical (unpaired) electrons. The lowest BCUT2D eigenvalue weighted by Crippen LogP contribution is -1.93. The molecule has 40 valence electrons. The van der Waals surface area contributed by atoms with E-state index in [4.69, 9.17) is 4.74 Å². The number of ether oxygens (including phenoxy) is 1. The molecule has 1 aliphatic rings. The second-order valence-corrected chi connectivity index (χ2v) is 1.52. The van der Waals surface area contributed by atoms with E-state index < -0.39 is 0 Å². The Hall–Kier alpha value is 0.0200. The van der Waals surface area contributed by atoms with Gasteiger partial charge in [-0.15, -0.1) is 4.91 Å². The highest BCUT2D eigenvalue weighted by Gasteiger charge is 2.22. The maximum atomic E-state index is 4.80. The first kappa shape index (κ1) is 5.16. The highest BCUT2D eigenvalue weighted by Crippen LogP contribution is 2.08. The van der Waals surface area contributed by atoms with Gasteiger partial charge in [-0.2, -0.15) is 0 Å². The van der Waals surface area contributed by atoms with Crippen molar-refractivity contribution in [2.75, 3.05) is 13.2 Å². The fourth-order valence-electron chi connectivity index (χ4n) is 0.285. The minimum absolute atomic E-state index is 0.306. The monoisotopic (exact) mass is 119 g/mol. The predicted molar refractivity (Wildman–Crippen MR) is 26.4 cm³/mol. The molecule has 0 bridgehead atoms. The SMILES string of the molecule is P=NOCC1CO1. The summed E-state index contributed by atoms with van der Waals surface area (Å²) in [7, 11) is 2.80. The molecule has 0 amide bonds. The Labute approximate surface area is 43.9 Å². The van der Waals surface area contributed by atoms with E-state index in [1.165, 1.54) is 0 Å².